The Labute approximate surface area is 106 Å². The van der Waals surface area contributed by atoms with Crippen molar-refractivity contribution in [3.8, 4) is 11.5 Å². The lowest BCUT2D eigenvalue weighted by Crippen LogP contribution is -2.08. The molecule has 18 heavy (non-hydrogen) atoms. The van der Waals surface area contributed by atoms with Crippen LogP contribution in [0.2, 0.25) is 0 Å². The molecule has 0 heterocycles. The van der Waals surface area contributed by atoms with Gasteiger partial charge >= 0.3 is 5.69 Å². The smallest absolute Gasteiger partial charge is 0.430 e. The van der Waals surface area contributed by atoms with Crippen LogP contribution in [0.25, 0.3) is 4.98 Å². The van der Waals surface area contributed by atoms with Crippen LogP contribution in [0, 0.1) is 5.39 Å². The van der Waals surface area contributed by atoms with E-state index in [0.29, 0.717) is 30.4 Å². The summed E-state index contributed by atoms with van der Waals surface area (Å²) >= 11 is 0. The lowest BCUT2D eigenvalue weighted by Gasteiger charge is -2.11. The fourth-order valence-electron chi connectivity index (χ4n) is 1.46. The molecule has 1 N–H and O–H groups in total. The summed E-state index contributed by atoms with van der Waals surface area (Å²) in [4.78, 5) is 14.2. The minimum absolute atomic E-state index is 0.216. The molecule has 0 saturated carbocycles. The average Bonchev–Trinajstić information content (AvgIpc) is 2.32. The molecule has 0 aromatic heterocycles. The molecule has 0 saturated heterocycles. The molecule has 1 rings (SSSR count). The highest BCUT2D eigenvalue weighted by atomic mass is 16.5. The Morgan fingerprint density at radius 3 is 2.39 bits per heavy atom. The van der Waals surface area contributed by atoms with Gasteiger partial charge in [0.1, 0.15) is 0 Å². The van der Waals surface area contributed by atoms with E-state index >= 15 is 0 Å². The first kappa shape index (κ1) is 13.8. The number of ether oxygens (including phenoxy) is 2. The first-order chi connectivity index (χ1) is 8.62. The van der Waals surface area contributed by atoms with Gasteiger partial charge in [0.25, 0.3) is 0 Å². The van der Waals surface area contributed by atoms with Crippen LogP contribution in [0.15, 0.2) is 12.1 Å². The third-order valence-corrected chi connectivity index (χ3v) is 2.08. The molecule has 1 aromatic carbocycles. The van der Waals surface area contributed by atoms with Crippen molar-refractivity contribution in [2.45, 2.75) is 20.8 Å². The van der Waals surface area contributed by atoms with Gasteiger partial charge in [-0.1, -0.05) is 0 Å². The molecule has 96 valence electrons. The summed E-state index contributed by atoms with van der Waals surface area (Å²) in [5.41, 5.74) is 0.745. The summed E-state index contributed by atoms with van der Waals surface area (Å²) in [7, 11) is 0. The second kappa shape index (κ2) is 6.45. The van der Waals surface area contributed by atoms with Crippen molar-refractivity contribution in [3.05, 3.63) is 17.1 Å². The van der Waals surface area contributed by atoms with E-state index in [4.69, 9.17) is 14.9 Å². The van der Waals surface area contributed by atoms with E-state index in [1.807, 2.05) is 13.8 Å². The second-order valence-electron chi connectivity index (χ2n) is 3.46. The molecule has 1 aromatic rings. The SMILES string of the molecule is CCOc1cc(NC(C)=O)c(OCC)cc1[N+]#N. The Morgan fingerprint density at radius 2 is 1.89 bits per heavy atom. The topological polar surface area (TPSA) is 75.7 Å². The van der Waals surface area contributed by atoms with Crippen LogP contribution in [0.3, 0.4) is 0 Å². The Kier molecular flexibility index (Phi) is 4.93. The highest BCUT2D eigenvalue weighted by Gasteiger charge is 2.21. The van der Waals surface area contributed by atoms with Gasteiger partial charge in [0.05, 0.1) is 25.0 Å². The van der Waals surface area contributed by atoms with Crippen LogP contribution in [-0.4, -0.2) is 19.1 Å². The number of hydrogen-bond acceptors (Lipinski definition) is 4. The van der Waals surface area contributed by atoms with Gasteiger partial charge in [-0.15, -0.1) is 0 Å². The summed E-state index contributed by atoms with van der Waals surface area (Å²) in [5, 5.41) is 11.6. The lowest BCUT2D eigenvalue weighted by molar-refractivity contribution is -0.114. The maximum atomic E-state index is 11.1. The number of benzene rings is 1. The molecule has 6 heteroatoms. The van der Waals surface area contributed by atoms with Gasteiger partial charge in [-0.25, -0.2) is 0 Å². The third-order valence-electron chi connectivity index (χ3n) is 2.08. The molecule has 0 aliphatic rings. The number of nitrogens with zero attached hydrogens (tertiary/aromatic N) is 2. The largest absolute Gasteiger partial charge is 0.491 e. The predicted molar refractivity (Wildman–Crippen MR) is 67.8 cm³/mol. The van der Waals surface area contributed by atoms with E-state index in [9.17, 15) is 4.79 Å². The fourth-order valence-corrected chi connectivity index (χ4v) is 1.46. The molecular formula is C12H16N3O3+. The quantitative estimate of drug-likeness (QED) is 0.815. The highest BCUT2D eigenvalue weighted by Crippen LogP contribution is 2.38. The standard InChI is InChI=1S/C12H15N3O3/c1-4-17-11-7-10(15-13)12(18-5-2)6-9(11)14-8(3)16/h6-7H,4-5H2,1-3H3/p+1. The van der Waals surface area contributed by atoms with E-state index in [0.717, 1.165) is 0 Å². The number of rotatable bonds is 5. The van der Waals surface area contributed by atoms with Crippen molar-refractivity contribution in [1.82, 2.24) is 0 Å². The van der Waals surface area contributed by atoms with Crippen LogP contribution in [0.1, 0.15) is 20.8 Å². The molecule has 0 bridgehead atoms. The molecule has 0 aliphatic heterocycles. The van der Waals surface area contributed by atoms with Gasteiger partial charge < -0.3 is 14.8 Å². The van der Waals surface area contributed by atoms with Crippen molar-refractivity contribution in [3.63, 3.8) is 0 Å². The minimum Gasteiger partial charge on any atom is -0.491 e. The normalized spacial score (nSPS) is 9.44. The van der Waals surface area contributed by atoms with Crippen molar-refractivity contribution in [2.75, 3.05) is 18.5 Å². The van der Waals surface area contributed by atoms with E-state index in [1.54, 1.807) is 6.07 Å². The molecule has 0 atom stereocenters. The Bertz CT molecular complexity index is 480. The highest BCUT2D eigenvalue weighted by molar-refractivity contribution is 5.91. The van der Waals surface area contributed by atoms with Crippen molar-refractivity contribution >= 4 is 17.3 Å². The Hall–Kier alpha value is -2.29. The zero-order chi connectivity index (χ0) is 13.5. The van der Waals surface area contributed by atoms with Gasteiger partial charge in [-0.3, -0.25) is 4.79 Å². The monoisotopic (exact) mass is 250 g/mol. The Balaban J connectivity index is 3.23. The molecule has 0 unspecified atom stereocenters. The summed E-state index contributed by atoms with van der Waals surface area (Å²) in [6.07, 6.45) is 0. The zero-order valence-corrected chi connectivity index (χ0v) is 10.7. The maximum absolute atomic E-state index is 11.1. The number of carbonyl (C=O) groups is 1. The second-order valence-corrected chi connectivity index (χ2v) is 3.46. The number of anilines is 1. The van der Waals surface area contributed by atoms with E-state index in [1.165, 1.54) is 13.0 Å². The van der Waals surface area contributed by atoms with E-state index < -0.39 is 0 Å². The van der Waals surface area contributed by atoms with Crippen LogP contribution >= 0.6 is 0 Å². The van der Waals surface area contributed by atoms with Crippen LogP contribution in [-0.2, 0) is 4.79 Å². The first-order valence-corrected chi connectivity index (χ1v) is 5.68. The van der Waals surface area contributed by atoms with Gasteiger partial charge in [-0.2, -0.15) is 0 Å². The number of hydrogen-bond donors (Lipinski definition) is 1. The molecule has 0 spiro atoms. The van der Waals surface area contributed by atoms with Crippen molar-refractivity contribution < 1.29 is 14.3 Å². The van der Waals surface area contributed by atoms with Crippen LogP contribution < -0.4 is 14.8 Å². The predicted octanol–water partition coefficient (Wildman–Crippen LogP) is 2.93. The van der Waals surface area contributed by atoms with Crippen molar-refractivity contribution in [2.24, 2.45) is 0 Å². The molecular weight excluding hydrogens is 234 g/mol. The summed E-state index contributed by atoms with van der Waals surface area (Å²) in [6, 6.07) is 3.09. The zero-order valence-electron chi connectivity index (χ0n) is 10.7. The number of diazo groups is 1. The summed E-state index contributed by atoms with van der Waals surface area (Å²) in [6.45, 7) is 5.90. The molecule has 0 radical (unpaired) electrons. The first-order valence-electron chi connectivity index (χ1n) is 5.68. The maximum Gasteiger partial charge on any atom is 0.430 e. The average molecular weight is 250 g/mol. The number of carbonyl (C=O) groups excluding carboxylic acids is 1. The Morgan fingerprint density at radius 1 is 1.28 bits per heavy atom. The van der Waals surface area contributed by atoms with Crippen molar-refractivity contribution in [1.29, 1.82) is 5.39 Å². The van der Waals surface area contributed by atoms with Gasteiger partial charge in [0, 0.05) is 13.0 Å². The summed E-state index contributed by atoms with van der Waals surface area (Å²) < 4.78 is 10.7. The number of nitrogens with one attached hydrogen (secondary N) is 1. The van der Waals surface area contributed by atoms with Crippen LogP contribution in [0.5, 0.6) is 11.5 Å². The number of amides is 1. The van der Waals surface area contributed by atoms with E-state index in [2.05, 4.69) is 10.3 Å². The summed E-state index contributed by atoms with van der Waals surface area (Å²) in [5.74, 6) is 0.600. The molecule has 6 nitrogen and oxygen atoms in total. The minimum atomic E-state index is -0.216. The van der Waals surface area contributed by atoms with Gasteiger partial charge in [0.15, 0.2) is 10.7 Å². The van der Waals surface area contributed by atoms with Gasteiger partial charge in [-0.05, 0) is 13.8 Å². The lowest BCUT2D eigenvalue weighted by atomic mass is 10.2. The van der Waals surface area contributed by atoms with E-state index in [-0.39, 0.29) is 11.6 Å². The molecule has 0 aliphatic carbocycles. The molecule has 1 amide bonds. The molecule has 0 fully saturated rings. The van der Waals surface area contributed by atoms with Gasteiger partial charge in [0.2, 0.25) is 17.0 Å². The fraction of sp³-hybridized carbons (Fsp3) is 0.417. The third kappa shape index (κ3) is 3.35. The van der Waals surface area contributed by atoms with Crippen LogP contribution in [0.4, 0.5) is 11.4 Å².